The molecule has 23 heavy (non-hydrogen) atoms. The van der Waals surface area contributed by atoms with Gasteiger partial charge in [0.1, 0.15) is 11.3 Å². The van der Waals surface area contributed by atoms with Crippen molar-refractivity contribution in [3.63, 3.8) is 0 Å². The zero-order chi connectivity index (χ0) is 16.7. The van der Waals surface area contributed by atoms with Crippen LogP contribution in [0.3, 0.4) is 0 Å². The number of nitrogens with zero attached hydrogens (tertiary/aromatic N) is 1. The Morgan fingerprint density at radius 2 is 1.78 bits per heavy atom. The van der Waals surface area contributed by atoms with Crippen LogP contribution in [0.1, 0.15) is 27.6 Å². The van der Waals surface area contributed by atoms with E-state index in [2.05, 4.69) is 15.8 Å². The molecular weight excluding hydrogens is 298 g/mol. The van der Waals surface area contributed by atoms with Crippen molar-refractivity contribution >= 4 is 11.8 Å². The maximum absolute atomic E-state index is 12.1. The summed E-state index contributed by atoms with van der Waals surface area (Å²) in [6, 6.07) is 9.68. The van der Waals surface area contributed by atoms with Crippen molar-refractivity contribution in [2.75, 3.05) is 13.7 Å². The third-order valence-electron chi connectivity index (χ3n) is 2.94. The second kappa shape index (κ2) is 7.79. The van der Waals surface area contributed by atoms with Gasteiger partial charge in [0.05, 0.1) is 13.7 Å². The van der Waals surface area contributed by atoms with Gasteiger partial charge in [0.15, 0.2) is 0 Å². The number of nitrogens with one attached hydrogen (secondary N) is 2. The highest BCUT2D eigenvalue weighted by Crippen LogP contribution is 2.14. The molecule has 0 bridgehead atoms. The summed E-state index contributed by atoms with van der Waals surface area (Å²) in [5.41, 5.74) is 5.31. The fraction of sp³-hybridized carbons (Fsp3) is 0.188. The number of ether oxygens (including phenoxy) is 2. The number of hydrazine groups is 1. The summed E-state index contributed by atoms with van der Waals surface area (Å²) in [7, 11) is 1.54. The molecule has 0 aliphatic rings. The van der Waals surface area contributed by atoms with Crippen LogP contribution in [0.5, 0.6) is 11.6 Å². The quantitative estimate of drug-likeness (QED) is 0.817. The Labute approximate surface area is 133 Å². The predicted molar refractivity (Wildman–Crippen MR) is 83.3 cm³/mol. The van der Waals surface area contributed by atoms with Crippen molar-refractivity contribution in [2.24, 2.45) is 0 Å². The molecule has 120 valence electrons. The standard InChI is InChI=1S/C16H17N3O4/c1-3-23-16-13(5-4-10-17-16)15(21)19-18-14(20)11-6-8-12(22-2)9-7-11/h4-10H,3H2,1-2H3,(H,18,20)(H,19,21). The van der Waals surface area contributed by atoms with Crippen LogP contribution in [0.2, 0.25) is 0 Å². The number of pyridine rings is 1. The molecule has 0 radical (unpaired) electrons. The molecule has 7 nitrogen and oxygen atoms in total. The molecule has 0 aliphatic carbocycles. The highest BCUT2D eigenvalue weighted by molar-refractivity contribution is 6.00. The summed E-state index contributed by atoms with van der Waals surface area (Å²) in [6.07, 6.45) is 1.53. The first-order valence-electron chi connectivity index (χ1n) is 6.98. The van der Waals surface area contributed by atoms with E-state index in [4.69, 9.17) is 9.47 Å². The molecule has 0 unspecified atom stereocenters. The molecule has 0 saturated carbocycles. The predicted octanol–water partition coefficient (Wildman–Crippen LogP) is 1.56. The molecule has 0 fully saturated rings. The highest BCUT2D eigenvalue weighted by Gasteiger charge is 2.14. The number of hydrogen-bond donors (Lipinski definition) is 2. The zero-order valence-corrected chi connectivity index (χ0v) is 12.8. The molecule has 0 atom stereocenters. The Bertz CT molecular complexity index is 686. The van der Waals surface area contributed by atoms with Gasteiger partial charge in [-0.1, -0.05) is 0 Å². The highest BCUT2D eigenvalue weighted by atomic mass is 16.5. The Kier molecular flexibility index (Phi) is 5.51. The van der Waals surface area contributed by atoms with E-state index in [1.54, 1.807) is 50.4 Å². The minimum absolute atomic E-state index is 0.214. The number of carbonyl (C=O) groups is 2. The maximum Gasteiger partial charge on any atom is 0.275 e. The lowest BCUT2D eigenvalue weighted by atomic mass is 10.2. The van der Waals surface area contributed by atoms with Gasteiger partial charge in [-0.25, -0.2) is 4.98 Å². The van der Waals surface area contributed by atoms with Crippen molar-refractivity contribution in [3.8, 4) is 11.6 Å². The SMILES string of the molecule is CCOc1ncccc1C(=O)NNC(=O)c1ccc(OC)cc1. The average Bonchev–Trinajstić information content (AvgIpc) is 2.60. The van der Waals surface area contributed by atoms with Gasteiger partial charge in [0, 0.05) is 11.8 Å². The molecule has 2 rings (SSSR count). The fourth-order valence-electron chi connectivity index (χ4n) is 1.81. The lowest BCUT2D eigenvalue weighted by Gasteiger charge is -2.10. The number of rotatable bonds is 5. The summed E-state index contributed by atoms with van der Waals surface area (Å²) in [5.74, 6) is -0.0974. The largest absolute Gasteiger partial charge is 0.497 e. The normalized spacial score (nSPS) is 9.83. The van der Waals surface area contributed by atoms with E-state index in [-0.39, 0.29) is 11.4 Å². The monoisotopic (exact) mass is 315 g/mol. The smallest absolute Gasteiger partial charge is 0.275 e. The molecule has 1 aromatic heterocycles. The van der Waals surface area contributed by atoms with Crippen LogP contribution in [0.25, 0.3) is 0 Å². The van der Waals surface area contributed by atoms with Crippen LogP contribution in [-0.2, 0) is 0 Å². The average molecular weight is 315 g/mol. The molecule has 0 saturated heterocycles. The second-order valence-corrected chi connectivity index (χ2v) is 4.43. The van der Waals surface area contributed by atoms with Crippen LogP contribution < -0.4 is 20.3 Å². The van der Waals surface area contributed by atoms with Crippen molar-refractivity contribution in [3.05, 3.63) is 53.7 Å². The molecule has 1 aromatic carbocycles. The van der Waals surface area contributed by atoms with Crippen molar-refractivity contribution in [2.45, 2.75) is 6.92 Å². The van der Waals surface area contributed by atoms with Gasteiger partial charge in [-0.2, -0.15) is 0 Å². The molecule has 2 amide bonds. The number of methoxy groups -OCH3 is 1. The minimum atomic E-state index is -0.511. The summed E-state index contributed by atoms with van der Waals surface area (Å²) < 4.78 is 10.3. The lowest BCUT2D eigenvalue weighted by molar-refractivity contribution is 0.0844. The Morgan fingerprint density at radius 3 is 2.43 bits per heavy atom. The van der Waals surface area contributed by atoms with Crippen LogP contribution in [0.15, 0.2) is 42.6 Å². The summed E-state index contributed by atoms with van der Waals surface area (Å²) in [4.78, 5) is 28.1. The lowest BCUT2D eigenvalue weighted by Crippen LogP contribution is -2.41. The van der Waals surface area contributed by atoms with Crippen LogP contribution in [0.4, 0.5) is 0 Å². The Balaban J connectivity index is 1.99. The van der Waals surface area contributed by atoms with E-state index in [9.17, 15) is 9.59 Å². The van der Waals surface area contributed by atoms with E-state index in [1.807, 2.05) is 0 Å². The van der Waals surface area contributed by atoms with Crippen molar-refractivity contribution in [1.82, 2.24) is 15.8 Å². The topological polar surface area (TPSA) is 89.5 Å². The van der Waals surface area contributed by atoms with Gasteiger partial charge in [-0.3, -0.25) is 20.4 Å². The number of aromatic nitrogens is 1. The molecule has 1 heterocycles. The van der Waals surface area contributed by atoms with E-state index >= 15 is 0 Å². The molecule has 2 N–H and O–H groups in total. The number of carbonyl (C=O) groups excluding carboxylic acids is 2. The summed E-state index contributed by atoms with van der Waals surface area (Å²) in [6.45, 7) is 2.18. The molecule has 0 aliphatic heterocycles. The first-order chi connectivity index (χ1) is 11.2. The van der Waals surface area contributed by atoms with E-state index in [1.165, 1.54) is 6.20 Å². The van der Waals surface area contributed by atoms with E-state index in [0.29, 0.717) is 17.9 Å². The number of benzene rings is 1. The van der Waals surface area contributed by atoms with Gasteiger partial charge in [0.25, 0.3) is 11.8 Å². The first-order valence-corrected chi connectivity index (χ1v) is 6.98. The molecule has 0 spiro atoms. The van der Waals surface area contributed by atoms with Crippen LogP contribution in [0, 0.1) is 0 Å². The van der Waals surface area contributed by atoms with E-state index in [0.717, 1.165) is 0 Å². The van der Waals surface area contributed by atoms with Crippen molar-refractivity contribution in [1.29, 1.82) is 0 Å². The molecule has 2 aromatic rings. The van der Waals surface area contributed by atoms with Crippen LogP contribution in [-0.4, -0.2) is 30.5 Å². The van der Waals surface area contributed by atoms with Crippen LogP contribution >= 0.6 is 0 Å². The first kappa shape index (κ1) is 16.3. The van der Waals surface area contributed by atoms with Gasteiger partial charge < -0.3 is 9.47 Å². The summed E-state index contributed by atoms with van der Waals surface area (Å²) >= 11 is 0. The fourth-order valence-corrected chi connectivity index (χ4v) is 1.81. The van der Waals surface area contributed by atoms with Gasteiger partial charge >= 0.3 is 0 Å². The number of amides is 2. The zero-order valence-electron chi connectivity index (χ0n) is 12.8. The third-order valence-corrected chi connectivity index (χ3v) is 2.94. The Morgan fingerprint density at radius 1 is 1.09 bits per heavy atom. The summed E-state index contributed by atoms with van der Waals surface area (Å²) in [5, 5.41) is 0. The van der Waals surface area contributed by atoms with Gasteiger partial charge in [-0.15, -0.1) is 0 Å². The Hall–Kier alpha value is -3.09. The van der Waals surface area contributed by atoms with Crippen molar-refractivity contribution < 1.29 is 19.1 Å². The maximum atomic E-state index is 12.1. The van der Waals surface area contributed by atoms with E-state index < -0.39 is 11.8 Å². The third kappa shape index (κ3) is 4.19. The minimum Gasteiger partial charge on any atom is -0.497 e. The number of hydrogen-bond acceptors (Lipinski definition) is 5. The van der Waals surface area contributed by atoms with Gasteiger partial charge in [-0.05, 0) is 43.3 Å². The second-order valence-electron chi connectivity index (χ2n) is 4.43. The van der Waals surface area contributed by atoms with Gasteiger partial charge in [0.2, 0.25) is 5.88 Å². The molecule has 7 heteroatoms. The molecular formula is C16H17N3O4.